The van der Waals surface area contributed by atoms with E-state index in [0.29, 0.717) is 19.1 Å². The summed E-state index contributed by atoms with van der Waals surface area (Å²) in [5.41, 5.74) is 1.22. The SMILES string of the molecule is CCOc1ccc(CCNC(=NC)N2CCC(COC)C2)cc1OCC.I. The molecule has 1 aromatic carbocycles. The van der Waals surface area contributed by atoms with Crippen LogP contribution in [0.5, 0.6) is 11.5 Å². The number of aliphatic imine (C=N–C) groups is 1. The molecule has 1 heterocycles. The zero-order valence-electron chi connectivity index (χ0n) is 17.0. The molecule has 7 heteroatoms. The molecule has 6 nitrogen and oxygen atoms in total. The summed E-state index contributed by atoms with van der Waals surface area (Å²) in [5.74, 6) is 3.19. The van der Waals surface area contributed by atoms with Gasteiger partial charge in [0.25, 0.3) is 0 Å². The smallest absolute Gasteiger partial charge is 0.193 e. The predicted molar refractivity (Wildman–Crippen MR) is 121 cm³/mol. The zero-order valence-corrected chi connectivity index (χ0v) is 19.3. The molecule has 2 rings (SSSR count). The summed E-state index contributed by atoms with van der Waals surface area (Å²) >= 11 is 0. The zero-order chi connectivity index (χ0) is 18.8. The normalized spacial score (nSPS) is 16.8. The van der Waals surface area contributed by atoms with Gasteiger partial charge in [-0.2, -0.15) is 0 Å². The molecule has 154 valence electrons. The Morgan fingerprint density at radius 2 is 1.96 bits per heavy atom. The molecule has 0 spiro atoms. The van der Waals surface area contributed by atoms with Crippen LogP contribution in [0.2, 0.25) is 0 Å². The number of nitrogens with one attached hydrogen (secondary N) is 1. The van der Waals surface area contributed by atoms with Gasteiger partial charge in [0.1, 0.15) is 0 Å². The van der Waals surface area contributed by atoms with E-state index in [4.69, 9.17) is 14.2 Å². The van der Waals surface area contributed by atoms with Crippen LogP contribution in [0.1, 0.15) is 25.8 Å². The molecular formula is C20H34IN3O3. The standard InChI is InChI=1S/C20H33N3O3.HI/c1-5-25-18-8-7-16(13-19(18)26-6-2)9-11-22-20(21-3)23-12-10-17(14-23)15-24-4;/h7-8,13,17H,5-6,9-12,14-15H2,1-4H3,(H,21,22);1H. The highest BCUT2D eigenvalue weighted by molar-refractivity contribution is 14.0. The van der Waals surface area contributed by atoms with E-state index in [9.17, 15) is 0 Å². The van der Waals surface area contributed by atoms with Gasteiger partial charge in [0, 0.05) is 39.7 Å². The fraction of sp³-hybridized carbons (Fsp3) is 0.650. The van der Waals surface area contributed by atoms with Crippen molar-refractivity contribution in [3.8, 4) is 11.5 Å². The van der Waals surface area contributed by atoms with E-state index in [2.05, 4.69) is 27.3 Å². The maximum absolute atomic E-state index is 5.71. The summed E-state index contributed by atoms with van der Waals surface area (Å²) in [6.45, 7) is 8.92. The van der Waals surface area contributed by atoms with Crippen LogP contribution in [0.25, 0.3) is 0 Å². The fourth-order valence-corrected chi connectivity index (χ4v) is 3.30. The van der Waals surface area contributed by atoms with Crippen LogP contribution >= 0.6 is 24.0 Å². The summed E-state index contributed by atoms with van der Waals surface area (Å²) in [4.78, 5) is 6.74. The average Bonchev–Trinajstić information content (AvgIpc) is 3.10. The molecule has 27 heavy (non-hydrogen) atoms. The van der Waals surface area contributed by atoms with Crippen molar-refractivity contribution in [1.82, 2.24) is 10.2 Å². The Labute approximate surface area is 180 Å². The Morgan fingerprint density at radius 3 is 2.63 bits per heavy atom. The van der Waals surface area contributed by atoms with Crippen molar-refractivity contribution in [1.29, 1.82) is 0 Å². The lowest BCUT2D eigenvalue weighted by atomic mass is 10.1. The van der Waals surface area contributed by atoms with Gasteiger partial charge in [0.2, 0.25) is 0 Å². The third-order valence-electron chi connectivity index (χ3n) is 4.50. The summed E-state index contributed by atoms with van der Waals surface area (Å²) in [6.07, 6.45) is 2.06. The molecule has 0 aromatic heterocycles. The van der Waals surface area contributed by atoms with Crippen molar-refractivity contribution in [2.24, 2.45) is 10.9 Å². The predicted octanol–water partition coefficient (Wildman–Crippen LogP) is 3.19. The highest BCUT2D eigenvalue weighted by Gasteiger charge is 2.24. The minimum absolute atomic E-state index is 0. The average molecular weight is 491 g/mol. The van der Waals surface area contributed by atoms with Gasteiger partial charge in [0.15, 0.2) is 17.5 Å². The Hall–Kier alpha value is -1.22. The van der Waals surface area contributed by atoms with Crippen molar-refractivity contribution in [3.63, 3.8) is 0 Å². The number of guanidine groups is 1. The van der Waals surface area contributed by atoms with E-state index in [0.717, 1.165) is 56.5 Å². The quantitative estimate of drug-likeness (QED) is 0.327. The van der Waals surface area contributed by atoms with E-state index in [1.165, 1.54) is 5.56 Å². The van der Waals surface area contributed by atoms with Gasteiger partial charge < -0.3 is 24.4 Å². The highest BCUT2D eigenvalue weighted by atomic mass is 127. The number of hydrogen-bond donors (Lipinski definition) is 1. The van der Waals surface area contributed by atoms with Crippen LogP contribution in [0, 0.1) is 5.92 Å². The second-order valence-corrected chi connectivity index (χ2v) is 6.43. The van der Waals surface area contributed by atoms with E-state index >= 15 is 0 Å². The summed E-state index contributed by atoms with van der Waals surface area (Å²) in [6, 6.07) is 6.17. The second kappa shape index (κ2) is 13.0. The van der Waals surface area contributed by atoms with Gasteiger partial charge in [-0.25, -0.2) is 0 Å². The molecule has 1 N–H and O–H groups in total. The van der Waals surface area contributed by atoms with Crippen LogP contribution in [0.4, 0.5) is 0 Å². The number of methoxy groups -OCH3 is 1. The minimum atomic E-state index is 0. The van der Waals surface area contributed by atoms with Crippen molar-refractivity contribution < 1.29 is 14.2 Å². The van der Waals surface area contributed by atoms with Crippen LogP contribution < -0.4 is 14.8 Å². The summed E-state index contributed by atoms with van der Waals surface area (Å²) in [7, 11) is 3.61. The van der Waals surface area contributed by atoms with Crippen molar-refractivity contribution >= 4 is 29.9 Å². The lowest BCUT2D eigenvalue weighted by Crippen LogP contribution is -2.41. The Bertz CT molecular complexity index is 584. The fourth-order valence-electron chi connectivity index (χ4n) is 3.30. The topological polar surface area (TPSA) is 55.3 Å². The van der Waals surface area contributed by atoms with Crippen LogP contribution in [0.15, 0.2) is 23.2 Å². The second-order valence-electron chi connectivity index (χ2n) is 6.43. The summed E-state index contributed by atoms with van der Waals surface area (Å²) in [5, 5.41) is 3.48. The first-order valence-electron chi connectivity index (χ1n) is 9.54. The number of hydrogen-bond acceptors (Lipinski definition) is 4. The summed E-state index contributed by atoms with van der Waals surface area (Å²) < 4.78 is 16.6. The molecule has 0 saturated carbocycles. The molecular weight excluding hydrogens is 457 g/mol. The Balaban J connectivity index is 0.00000364. The van der Waals surface area contributed by atoms with Gasteiger partial charge in [-0.1, -0.05) is 6.07 Å². The maximum atomic E-state index is 5.71. The van der Waals surface area contributed by atoms with Crippen LogP contribution in [-0.4, -0.2) is 64.5 Å². The molecule has 0 aliphatic carbocycles. The lowest BCUT2D eigenvalue weighted by molar-refractivity contribution is 0.157. The molecule has 1 unspecified atom stereocenters. The van der Waals surface area contributed by atoms with Crippen LogP contribution in [-0.2, 0) is 11.2 Å². The van der Waals surface area contributed by atoms with E-state index in [1.807, 2.05) is 27.0 Å². The van der Waals surface area contributed by atoms with Crippen molar-refractivity contribution in [2.75, 3.05) is 53.6 Å². The third kappa shape index (κ3) is 7.37. The molecule has 1 aromatic rings. The third-order valence-corrected chi connectivity index (χ3v) is 4.50. The monoisotopic (exact) mass is 491 g/mol. The Morgan fingerprint density at radius 1 is 1.22 bits per heavy atom. The molecule has 0 radical (unpaired) electrons. The first-order chi connectivity index (χ1) is 12.7. The van der Waals surface area contributed by atoms with Gasteiger partial charge in [-0.3, -0.25) is 4.99 Å². The first-order valence-corrected chi connectivity index (χ1v) is 9.54. The lowest BCUT2D eigenvalue weighted by Gasteiger charge is -2.21. The minimum Gasteiger partial charge on any atom is -0.490 e. The highest BCUT2D eigenvalue weighted by Crippen LogP contribution is 2.28. The van der Waals surface area contributed by atoms with Gasteiger partial charge in [-0.15, -0.1) is 24.0 Å². The van der Waals surface area contributed by atoms with Gasteiger partial charge in [0.05, 0.1) is 19.8 Å². The molecule has 1 fully saturated rings. The molecule has 1 atom stereocenters. The van der Waals surface area contributed by atoms with Gasteiger partial charge in [-0.05, 0) is 44.4 Å². The largest absolute Gasteiger partial charge is 0.490 e. The number of benzene rings is 1. The van der Waals surface area contributed by atoms with E-state index in [1.54, 1.807) is 7.11 Å². The number of ether oxygens (including phenoxy) is 3. The number of likely N-dealkylation sites (tertiary alicyclic amines) is 1. The number of nitrogens with zero attached hydrogens (tertiary/aromatic N) is 2. The van der Waals surface area contributed by atoms with E-state index in [-0.39, 0.29) is 24.0 Å². The van der Waals surface area contributed by atoms with Crippen LogP contribution in [0.3, 0.4) is 0 Å². The van der Waals surface area contributed by atoms with E-state index < -0.39 is 0 Å². The number of halogens is 1. The van der Waals surface area contributed by atoms with Crippen molar-refractivity contribution in [2.45, 2.75) is 26.7 Å². The molecule has 1 aliphatic heterocycles. The van der Waals surface area contributed by atoms with Crippen molar-refractivity contribution in [3.05, 3.63) is 23.8 Å². The molecule has 1 saturated heterocycles. The maximum Gasteiger partial charge on any atom is 0.193 e. The molecule has 1 aliphatic rings. The molecule has 0 amide bonds. The number of rotatable bonds is 9. The Kier molecular flexibility index (Phi) is 11.5. The first kappa shape index (κ1) is 23.8. The molecule has 0 bridgehead atoms. The van der Waals surface area contributed by atoms with Gasteiger partial charge >= 0.3 is 0 Å².